The number of hydrogen-bond acceptors (Lipinski definition) is 3. The molecule has 0 radical (unpaired) electrons. The predicted molar refractivity (Wildman–Crippen MR) is 72.5 cm³/mol. The molecule has 1 heterocycles. The van der Waals surface area contributed by atoms with E-state index >= 15 is 0 Å². The van der Waals surface area contributed by atoms with Gasteiger partial charge < -0.3 is 20.1 Å². The van der Waals surface area contributed by atoms with Crippen molar-refractivity contribution < 1.29 is 14.6 Å². The number of rotatable bonds is 4. The second-order valence-corrected chi connectivity index (χ2v) is 5.07. The Bertz CT molecular complexity index is 447. The molecule has 1 saturated heterocycles. The minimum absolute atomic E-state index is 0.00392. The monoisotopic (exact) mass is 284 g/mol. The number of halogens is 1. The third-order valence-corrected chi connectivity index (χ3v) is 3.02. The highest BCUT2D eigenvalue weighted by atomic mass is 35.5. The minimum atomic E-state index is -0.538. The van der Waals surface area contributed by atoms with Crippen molar-refractivity contribution in [3.8, 4) is 5.75 Å². The van der Waals surface area contributed by atoms with Gasteiger partial charge in [-0.3, -0.25) is 0 Å². The smallest absolute Gasteiger partial charge is 0.317 e. The average molecular weight is 285 g/mol. The number of urea groups is 1. The van der Waals surface area contributed by atoms with E-state index in [0.29, 0.717) is 23.9 Å². The Labute approximate surface area is 117 Å². The van der Waals surface area contributed by atoms with Gasteiger partial charge in [-0.1, -0.05) is 17.7 Å². The summed E-state index contributed by atoms with van der Waals surface area (Å²) in [5.41, 5.74) is 0. The van der Waals surface area contributed by atoms with Crippen LogP contribution in [-0.2, 0) is 0 Å². The van der Waals surface area contributed by atoms with Crippen molar-refractivity contribution in [1.82, 2.24) is 10.2 Å². The zero-order valence-corrected chi connectivity index (χ0v) is 11.4. The molecule has 0 spiro atoms. The third kappa shape index (κ3) is 4.01. The molecule has 0 bridgehead atoms. The lowest BCUT2D eigenvalue weighted by molar-refractivity contribution is 0.0433. The molecule has 1 aliphatic rings. The summed E-state index contributed by atoms with van der Waals surface area (Å²) in [5, 5.41) is 12.3. The Morgan fingerprint density at radius 1 is 1.63 bits per heavy atom. The summed E-state index contributed by atoms with van der Waals surface area (Å²) in [5.74, 6) is 0.710. The van der Waals surface area contributed by atoms with Crippen molar-refractivity contribution in [3.63, 3.8) is 0 Å². The molecule has 1 fully saturated rings. The maximum Gasteiger partial charge on any atom is 0.317 e. The van der Waals surface area contributed by atoms with Crippen molar-refractivity contribution >= 4 is 17.6 Å². The largest absolute Gasteiger partial charge is 0.487 e. The SMILES string of the molecule is C[C@@H](O)CNC(=O)N1CC(Oc2cccc(Cl)c2)C1. The first-order valence-corrected chi connectivity index (χ1v) is 6.55. The first-order chi connectivity index (χ1) is 9.04. The molecule has 0 unspecified atom stereocenters. The number of nitrogens with one attached hydrogen (secondary N) is 1. The molecule has 2 N–H and O–H groups in total. The van der Waals surface area contributed by atoms with Gasteiger partial charge in [0.2, 0.25) is 0 Å². The molecule has 1 aromatic rings. The first-order valence-electron chi connectivity index (χ1n) is 6.17. The number of carbonyl (C=O) groups excluding carboxylic acids is 1. The van der Waals surface area contributed by atoms with E-state index in [0.717, 1.165) is 0 Å². The molecule has 0 saturated carbocycles. The van der Waals surface area contributed by atoms with Crippen molar-refractivity contribution in [1.29, 1.82) is 0 Å². The Kier molecular flexibility index (Phi) is 4.50. The maximum absolute atomic E-state index is 11.6. The fourth-order valence-corrected chi connectivity index (χ4v) is 1.94. The Balaban J connectivity index is 1.73. The Hall–Kier alpha value is -1.46. The van der Waals surface area contributed by atoms with Gasteiger partial charge in [-0.2, -0.15) is 0 Å². The highest BCUT2D eigenvalue weighted by Crippen LogP contribution is 2.21. The third-order valence-electron chi connectivity index (χ3n) is 2.78. The summed E-state index contributed by atoms with van der Waals surface area (Å²) in [6, 6.07) is 7.01. The van der Waals surface area contributed by atoms with E-state index in [2.05, 4.69) is 5.32 Å². The quantitative estimate of drug-likeness (QED) is 0.881. The normalized spacial score (nSPS) is 16.7. The number of carbonyl (C=O) groups is 1. The second kappa shape index (κ2) is 6.12. The van der Waals surface area contributed by atoms with Crippen LogP contribution in [0.1, 0.15) is 6.92 Å². The number of nitrogens with zero attached hydrogens (tertiary/aromatic N) is 1. The first kappa shape index (κ1) is 14.0. The van der Waals surface area contributed by atoms with E-state index in [9.17, 15) is 4.79 Å². The van der Waals surface area contributed by atoms with Crippen LogP contribution in [0.25, 0.3) is 0 Å². The fraction of sp³-hybridized carbons (Fsp3) is 0.462. The standard InChI is InChI=1S/C13H17ClN2O3/c1-9(17)6-15-13(18)16-7-12(8-16)19-11-4-2-3-10(14)5-11/h2-5,9,12,17H,6-8H2,1H3,(H,15,18)/t9-/m1/s1. The molecular formula is C13H17ClN2O3. The van der Waals surface area contributed by atoms with Crippen LogP contribution in [0.4, 0.5) is 4.79 Å². The van der Waals surface area contributed by atoms with E-state index in [1.54, 1.807) is 24.0 Å². The highest BCUT2D eigenvalue weighted by molar-refractivity contribution is 6.30. The number of amides is 2. The average Bonchev–Trinajstić information content (AvgIpc) is 2.30. The molecule has 1 atom stereocenters. The highest BCUT2D eigenvalue weighted by Gasteiger charge is 2.32. The predicted octanol–water partition coefficient (Wildman–Crippen LogP) is 1.49. The lowest BCUT2D eigenvalue weighted by Gasteiger charge is -2.38. The van der Waals surface area contributed by atoms with Gasteiger partial charge >= 0.3 is 6.03 Å². The van der Waals surface area contributed by atoms with Gasteiger partial charge in [0, 0.05) is 11.6 Å². The zero-order chi connectivity index (χ0) is 13.8. The van der Waals surface area contributed by atoms with Crippen LogP contribution in [0.15, 0.2) is 24.3 Å². The van der Waals surface area contributed by atoms with Crippen LogP contribution in [0.2, 0.25) is 5.02 Å². The van der Waals surface area contributed by atoms with Gasteiger partial charge in [0.25, 0.3) is 0 Å². The Morgan fingerprint density at radius 2 is 2.37 bits per heavy atom. The number of likely N-dealkylation sites (tertiary alicyclic amines) is 1. The second-order valence-electron chi connectivity index (χ2n) is 4.64. The van der Waals surface area contributed by atoms with Gasteiger partial charge in [-0.05, 0) is 25.1 Å². The maximum atomic E-state index is 11.6. The van der Waals surface area contributed by atoms with Crippen molar-refractivity contribution in [2.75, 3.05) is 19.6 Å². The molecule has 6 heteroatoms. The number of benzene rings is 1. The summed E-state index contributed by atoms with van der Waals surface area (Å²) in [6.45, 7) is 2.97. The summed E-state index contributed by atoms with van der Waals surface area (Å²) in [4.78, 5) is 13.2. The summed E-state index contributed by atoms with van der Waals surface area (Å²) >= 11 is 5.86. The van der Waals surface area contributed by atoms with Crippen LogP contribution < -0.4 is 10.1 Å². The lowest BCUT2D eigenvalue weighted by Crippen LogP contribution is -2.59. The van der Waals surface area contributed by atoms with E-state index in [4.69, 9.17) is 21.4 Å². The van der Waals surface area contributed by atoms with E-state index in [-0.39, 0.29) is 18.7 Å². The van der Waals surface area contributed by atoms with Crippen LogP contribution in [0, 0.1) is 0 Å². The number of hydrogen-bond donors (Lipinski definition) is 2. The van der Waals surface area contributed by atoms with Crippen LogP contribution in [-0.4, -0.2) is 47.9 Å². The summed E-state index contributed by atoms with van der Waals surface area (Å²) in [7, 11) is 0. The summed E-state index contributed by atoms with van der Waals surface area (Å²) < 4.78 is 5.68. The number of aliphatic hydroxyl groups excluding tert-OH is 1. The van der Waals surface area contributed by atoms with Crippen molar-refractivity contribution in [2.24, 2.45) is 0 Å². The van der Waals surface area contributed by atoms with Crippen LogP contribution in [0.5, 0.6) is 5.75 Å². The van der Waals surface area contributed by atoms with Crippen molar-refractivity contribution in [3.05, 3.63) is 29.3 Å². The fourth-order valence-electron chi connectivity index (χ4n) is 1.76. The van der Waals surface area contributed by atoms with E-state index in [1.807, 2.05) is 12.1 Å². The number of ether oxygens (including phenoxy) is 1. The molecule has 0 aliphatic carbocycles. The van der Waals surface area contributed by atoms with E-state index < -0.39 is 6.10 Å². The number of aliphatic hydroxyl groups is 1. The van der Waals surface area contributed by atoms with Gasteiger partial charge in [0.1, 0.15) is 11.9 Å². The molecule has 5 nitrogen and oxygen atoms in total. The molecule has 2 rings (SSSR count). The molecular weight excluding hydrogens is 268 g/mol. The summed E-state index contributed by atoms with van der Waals surface area (Å²) in [6.07, 6.45) is -0.542. The van der Waals surface area contributed by atoms with Gasteiger partial charge in [0.15, 0.2) is 0 Å². The minimum Gasteiger partial charge on any atom is -0.487 e. The Morgan fingerprint density at radius 3 is 3.00 bits per heavy atom. The molecule has 19 heavy (non-hydrogen) atoms. The van der Waals surface area contributed by atoms with Crippen LogP contribution in [0.3, 0.4) is 0 Å². The van der Waals surface area contributed by atoms with Crippen LogP contribution >= 0.6 is 11.6 Å². The molecule has 2 amide bonds. The van der Waals surface area contributed by atoms with Crippen molar-refractivity contribution in [2.45, 2.75) is 19.1 Å². The zero-order valence-electron chi connectivity index (χ0n) is 10.7. The van der Waals surface area contributed by atoms with Gasteiger partial charge in [-0.25, -0.2) is 4.79 Å². The van der Waals surface area contributed by atoms with E-state index in [1.165, 1.54) is 0 Å². The lowest BCUT2D eigenvalue weighted by atomic mass is 10.2. The molecule has 0 aromatic heterocycles. The molecule has 1 aliphatic heterocycles. The molecule has 104 valence electrons. The topological polar surface area (TPSA) is 61.8 Å². The molecule has 1 aromatic carbocycles. The van der Waals surface area contributed by atoms with Gasteiger partial charge in [0.05, 0.1) is 19.2 Å². The van der Waals surface area contributed by atoms with Gasteiger partial charge in [-0.15, -0.1) is 0 Å².